The van der Waals surface area contributed by atoms with Crippen molar-refractivity contribution in [3.8, 4) is 11.4 Å². The normalized spacial score (nSPS) is 10.8. The number of hydrogen-bond donors (Lipinski definition) is 0. The van der Waals surface area contributed by atoms with Gasteiger partial charge in [-0.15, -0.1) is 0 Å². The lowest BCUT2D eigenvalue weighted by atomic mass is 10.1. The second-order valence-corrected chi connectivity index (χ2v) is 5.47. The lowest BCUT2D eigenvalue weighted by Gasteiger charge is -2.07. The Labute approximate surface area is 150 Å². The third kappa shape index (κ3) is 3.54. The standard InChI is InChI=1S/C20H16N2O4/c1-26-20-7-3-2-6-18(20)19(23)13-12-15-5-4-14-21(15)16-8-10-17(11-9-16)22(24)25/h2-14H,1H3/b13-12+. The molecule has 1 aromatic heterocycles. The average Bonchev–Trinajstić information content (AvgIpc) is 3.14. The molecule has 1 heterocycles. The molecule has 0 unspecified atom stereocenters. The van der Waals surface area contributed by atoms with Crippen LogP contribution >= 0.6 is 0 Å². The zero-order valence-corrected chi connectivity index (χ0v) is 14.0. The molecule has 0 bridgehead atoms. The van der Waals surface area contributed by atoms with Crippen LogP contribution in [0.15, 0.2) is 72.9 Å². The van der Waals surface area contributed by atoms with Crippen LogP contribution in [0.25, 0.3) is 11.8 Å². The molecular weight excluding hydrogens is 332 g/mol. The molecule has 6 heteroatoms. The third-order valence-corrected chi connectivity index (χ3v) is 3.90. The molecule has 0 spiro atoms. The van der Waals surface area contributed by atoms with Crippen molar-refractivity contribution in [3.63, 3.8) is 0 Å². The Morgan fingerprint density at radius 1 is 1.08 bits per heavy atom. The first-order valence-electron chi connectivity index (χ1n) is 7.88. The topological polar surface area (TPSA) is 74.4 Å². The highest BCUT2D eigenvalue weighted by Gasteiger charge is 2.09. The first-order valence-corrected chi connectivity index (χ1v) is 7.88. The highest BCUT2D eigenvalue weighted by atomic mass is 16.6. The van der Waals surface area contributed by atoms with Gasteiger partial charge in [-0.2, -0.15) is 0 Å². The summed E-state index contributed by atoms with van der Waals surface area (Å²) in [5.74, 6) is 0.354. The van der Waals surface area contributed by atoms with E-state index in [1.54, 1.807) is 42.5 Å². The van der Waals surface area contributed by atoms with E-state index in [9.17, 15) is 14.9 Å². The maximum atomic E-state index is 12.4. The fourth-order valence-electron chi connectivity index (χ4n) is 2.60. The van der Waals surface area contributed by atoms with Crippen molar-refractivity contribution in [1.29, 1.82) is 0 Å². The third-order valence-electron chi connectivity index (χ3n) is 3.90. The lowest BCUT2D eigenvalue weighted by Crippen LogP contribution is -1.99. The quantitative estimate of drug-likeness (QED) is 0.288. The van der Waals surface area contributed by atoms with Crippen LogP contribution in [-0.4, -0.2) is 22.4 Å². The fourth-order valence-corrected chi connectivity index (χ4v) is 2.60. The van der Waals surface area contributed by atoms with Gasteiger partial charge in [-0.3, -0.25) is 14.9 Å². The van der Waals surface area contributed by atoms with Crippen molar-refractivity contribution in [1.82, 2.24) is 4.57 Å². The maximum absolute atomic E-state index is 12.4. The van der Waals surface area contributed by atoms with E-state index in [-0.39, 0.29) is 11.5 Å². The minimum atomic E-state index is -0.438. The van der Waals surface area contributed by atoms with Crippen LogP contribution in [0, 0.1) is 10.1 Å². The minimum Gasteiger partial charge on any atom is -0.496 e. The molecule has 3 aromatic rings. The van der Waals surface area contributed by atoms with Gasteiger partial charge in [0.15, 0.2) is 5.78 Å². The summed E-state index contributed by atoms with van der Waals surface area (Å²) in [4.78, 5) is 22.8. The highest BCUT2D eigenvalue weighted by Crippen LogP contribution is 2.20. The Morgan fingerprint density at radius 3 is 2.50 bits per heavy atom. The van der Waals surface area contributed by atoms with Crippen LogP contribution in [0.2, 0.25) is 0 Å². The second kappa shape index (κ2) is 7.48. The van der Waals surface area contributed by atoms with Gasteiger partial charge in [0.05, 0.1) is 17.6 Å². The number of hydrogen-bond acceptors (Lipinski definition) is 4. The van der Waals surface area contributed by atoms with Gasteiger partial charge >= 0.3 is 0 Å². The maximum Gasteiger partial charge on any atom is 0.269 e. The van der Waals surface area contributed by atoms with Gasteiger partial charge in [0.25, 0.3) is 5.69 Å². The lowest BCUT2D eigenvalue weighted by molar-refractivity contribution is -0.384. The van der Waals surface area contributed by atoms with Gasteiger partial charge in [-0.05, 0) is 48.6 Å². The molecule has 0 N–H and O–H groups in total. The largest absolute Gasteiger partial charge is 0.496 e. The van der Waals surface area contributed by atoms with Crippen LogP contribution in [-0.2, 0) is 0 Å². The van der Waals surface area contributed by atoms with E-state index in [0.717, 1.165) is 11.4 Å². The van der Waals surface area contributed by atoms with E-state index >= 15 is 0 Å². The Morgan fingerprint density at radius 2 is 1.81 bits per heavy atom. The van der Waals surface area contributed by atoms with E-state index < -0.39 is 4.92 Å². The molecule has 3 rings (SSSR count). The molecule has 2 aromatic carbocycles. The van der Waals surface area contributed by atoms with E-state index in [4.69, 9.17) is 4.74 Å². The number of ketones is 1. The summed E-state index contributed by atoms with van der Waals surface area (Å²) >= 11 is 0. The summed E-state index contributed by atoms with van der Waals surface area (Å²) in [5.41, 5.74) is 2.07. The van der Waals surface area contributed by atoms with Gasteiger partial charge in [-0.25, -0.2) is 0 Å². The number of rotatable bonds is 6. The Hall–Kier alpha value is -3.67. The van der Waals surface area contributed by atoms with Crippen molar-refractivity contribution in [2.75, 3.05) is 7.11 Å². The molecule has 130 valence electrons. The van der Waals surface area contributed by atoms with Crippen molar-refractivity contribution in [3.05, 3.63) is 94.3 Å². The zero-order chi connectivity index (χ0) is 18.5. The Balaban J connectivity index is 1.85. The van der Waals surface area contributed by atoms with Crippen LogP contribution in [0.3, 0.4) is 0 Å². The van der Waals surface area contributed by atoms with Crippen molar-refractivity contribution in [2.24, 2.45) is 0 Å². The van der Waals surface area contributed by atoms with Gasteiger partial charge in [0.1, 0.15) is 5.75 Å². The molecular formula is C20H16N2O4. The molecule has 0 atom stereocenters. The Kier molecular flexibility index (Phi) is 4.94. The van der Waals surface area contributed by atoms with Crippen LogP contribution < -0.4 is 4.74 Å². The molecule has 0 saturated carbocycles. The summed E-state index contributed by atoms with van der Waals surface area (Å²) < 4.78 is 7.06. The molecule has 6 nitrogen and oxygen atoms in total. The average molecular weight is 348 g/mol. The van der Waals surface area contributed by atoms with Gasteiger partial charge in [-0.1, -0.05) is 12.1 Å². The van der Waals surface area contributed by atoms with E-state index in [2.05, 4.69) is 0 Å². The van der Waals surface area contributed by atoms with E-state index in [1.807, 2.05) is 22.9 Å². The molecule has 0 saturated heterocycles. The number of nitro benzene ring substituents is 1. The molecule has 0 aliphatic carbocycles. The number of benzene rings is 2. The van der Waals surface area contributed by atoms with Gasteiger partial charge in [0, 0.05) is 29.7 Å². The summed E-state index contributed by atoms with van der Waals surface area (Å²) in [5, 5.41) is 10.8. The molecule has 0 amide bonds. The molecule has 26 heavy (non-hydrogen) atoms. The summed E-state index contributed by atoms with van der Waals surface area (Å²) in [6.07, 6.45) is 5.01. The first kappa shape index (κ1) is 17.2. The van der Waals surface area contributed by atoms with Crippen LogP contribution in [0.5, 0.6) is 5.75 Å². The summed E-state index contributed by atoms with van der Waals surface area (Å²) in [7, 11) is 1.52. The molecule has 0 aliphatic rings. The minimum absolute atomic E-state index is 0.0318. The van der Waals surface area contributed by atoms with Crippen molar-refractivity contribution >= 4 is 17.5 Å². The summed E-state index contributed by atoms with van der Waals surface area (Å²) in [6, 6.07) is 17.0. The number of para-hydroxylation sites is 1. The number of carbonyl (C=O) groups excluding carboxylic acids is 1. The highest BCUT2D eigenvalue weighted by molar-refractivity contribution is 6.08. The summed E-state index contributed by atoms with van der Waals surface area (Å²) in [6.45, 7) is 0. The number of aromatic nitrogens is 1. The number of allylic oxidation sites excluding steroid dienone is 1. The smallest absolute Gasteiger partial charge is 0.269 e. The number of nitrogens with zero attached hydrogens (tertiary/aromatic N) is 2. The number of carbonyl (C=O) groups is 1. The first-order chi connectivity index (χ1) is 12.6. The fraction of sp³-hybridized carbons (Fsp3) is 0.0500. The van der Waals surface area contributed by atoms with Gasteiger partial charge in [0.2, 0.25) is 0 Å². The number of non-ortho nitro benzene ring substituents is 1. The Bertz CT molecular complexity index is 971. The van der Waals surface area contributed by atoms with E-state index in [0.29, 0.717) is 11.3 Å². The van der Waals surface area contributed by atoms with Crippen LogP contribution in [0.1, 0.15) is 16.1 Å². The van der Waals surface area contributed by atoms with E-state index in [1.165, 1.54) is 25.3 Å². The second-order valence-electron chi connectivity index (χ2n) is 5.47. The SMILES string of the molecule is COc1ccccc1C(=O)/C=C/c1cccn1-c1ccc([N+](=O)[O-])cc1. The molecule has 0 radical (unpaired) electrons. The predicted octanol–water partition coefficient (Wildman–Crippen LogP) is 4.29. The number of methoxy groups -OCH3 is 1. The number of ether oxygens (including phenoxy) is 1. The number of nitro groups is 1. The zero-order valence-electron chi connectivity index (χ0n) is 14.0. The van der Waals surface area contributed by atoms with Crippen LogP contribution in [0.4, 0.5) is 5.69 Å². The molecule has 0 aliphatic heterocycles. The molecule has 0 fully saturated rings. The monoisotopic (exact) mass is 348 g/mol. The van der Waals surface area contributed by atoms with Gasteiger partial charge < -0.3 is 9.30 Å². The van der Waals surface area contributed by atoms with Crippen molar-refractivity contribution < 1.29 is 14.5 Å². The van der Waals surface area contributed by atoms with Crippen molar-refractivity contribution in [2.45, 2.75) is 0 Å². The predicted molar refractivity (Wildman–Crippen MR) is 98.8 cm³/mol.